The highest BCUT2D eigenvalue weighted by molar-refractivity contribution is 5.04. The summed E-state index contributed by atoms with van der Waals surface area (Å²) in [6, 6.07) is 0.660. The molecule has 1 heterocycles. The van der Waals surface area contributed by atoms with Gasteiger partial charge in [0, 0.05) is 17.5 Å². The van der Waals surface area contributed by atoms with Crippen LogP contribution in [-0.4, -0.2) is 22.8 Å². The molecule has 0 aromatic heterocycles. The van der Waals surface area contributed by atoms with Crippen LogP contribution in [0.4, 0.5) is 0 Å². The summed E-state index contributed by atoms with van der Waals surface area (Å²) in [5, 5.41) is 14.6. The largest absolute Gasteiger partial charge is 0.393 e. The molecule has 21 heavy (non-hydrogen) atoms. The zero-order chi connectivity index (χ0) is 15.1. The third-order valence-corrected chi connectivity index (χ3v) is 5.79. The fourth-order valence-electron chi connectivity index (χ4n) is 4.70. The van der Waals surface area contributed by atoms with Crippen molar-refractivity contribution in [2.45, 2.75) is 102 Å². The Morgan fingerprint density at radius 3 is 2.67 bits per heavy atom. The first-order valence-corrected chi connectivity index (χ1v) is 9.28. The monoisotopic (exact) mass is 293 g/mol. The lowest BCUT2D eigenvalue weighted by atomic mass is 9.64. The highest BCUT2D eigenvalue weighted by Crippen LogP contribution is 2.43. The van der Waals surface area contributed by atoms with E-state index in [1.54, 1.807) is 0 Å². The molecule has 2 fully saturated rings. The number of hydrogen-bond acceptors (Lipinski definition) is 2. The molecule has 4 atom stereocenters. The Labute approximate surface area is 131 Å². The molecule has 2 nitrogen and oxygen atoms in total. The normalized spacial score (nSPS) is 36.8. The van der Waals surface area contributed by atoms with Gasteiger partial charge in [-0.2, -0.15) is 0 Å². The van der Waals surface area contributed by atoms with E-state index in [9.17, 15) is 5.11 Å². The molecule has 2 aliphatic rings. The Morgan fingerprint density at radius 2 is 1.95 bits per heavy atom. The van der Waals surface area contributed by atoms with Crippen LogP contribution >= 0.6 is 0 Å². The minimum atomic E-state index is -0.0790. The number of piperidine rings is 1. The maximum atomic E-state index is 10.6. The van der Waals surface area contributed by atoms with Crippen LogP contribution in [0.1, 0.15) is 84.0 Å². The van der Waals surface area contributed by atoms with Gasteiger partial charge in [-0.15, -0.1) is 6.58 Å². The molecule has 0 amide bonds. The van der Waals surface area contributed by atoms with Gasteiger partial charge in [0.05, 0.1) is 6.10 Å². The average Bonchev–Trinajstić information content (AvgIpc) is 2.47. The fourth-order valence-corrected chi connectivity index (χ4v) is 4.70. The molecule has 0 aromatic carbocycles. The number of hydrogen-bond donors (Lipinski definition) is 2. The van der Waals surface area contributed by atoms with Gasteiger partial charge in [0.2, 0.25) is 0 Å². The molecule has 1 saturated heterocycles. The molecule has 0 bridgehead atoms. The average molecular weight is 293 g/mol. The summed E-state index contributed by atoms with van der Waals surface area (Å²) in [4.78, 5) is 0. The van der Waals surface area contributed by atoms with E-state index >= 15 is 0 Å². The van der Waals surface area contributed by atoms with E-state index in [1.165, 1.54) is 64.2 Å². The predicted octanol–water partition coefficient (Wildman–Crippen LogP) is 4.57. The standard InChI is InChI=1S/C19H35NO/c1-3-5-7-10-16-11-8-14-19(20-16)15-9-13-18(21)17(19)12-6-4-2/h3,16-18,20-21H,1,4-15H2,2H3/t16?,17?,18-,19-/m1/s1. The van der Waals surface area contributed by atoms with Gasteiger partial charge >= 0.3 is 0 Å². The first-order chi connectivity index (χ1) is 10.2. The van der Waals surface area contributed by atoms with Gasteiger partial charge in [-0.05, 0) is 57.8 Å². The summed E-state index contributed by atoms with van der Waals surface area (Å²) in [5.74, 6) is 0.480. The number of allylic oxidation sites excluding steroid dienone is 1. The molecule has 2 heteroatoms. The number of unbranched alkanes of at least 4 members (excludes halogenated alkanes) is 2. The van der Waals surface area contributed by atoms with Crippen molar-refractivity contribution in [1.29, 1.82) is 0 Å². The molecule has 2 rings (SSSR count). The van der Waals surface area contributed by atoms with Crippen LogP contribution < -0.4 is 5.32 Å². The summed E-state index contributed by atoms with van der Waals surface area (Å²) in [6.07, 6.45) is 16.7. The van der Waals surface area contributed by atoms with Gasteiger partial charge in [-0.25, -0.2) is 0 Å². The molecule has 0 radical (unpaired) electrons. The zero-order valence-corrected chi connectivity index (χ0v) is 13.9. The third kappa shape index (κ3) is 4.32. The first kappa shape index (κ1) is 17.0. The van der Waals surface area contributed by atoms with E-state index < -0.39 is 0 Å². The van der Waals surface area contributed by atoms with Crippen molar-refractivity contribution < 1.29 is 5.11 Å². The van der Waals surface area contributed by atoms with Gasteiger partial charge < -0.3 is 10.4 Å². The third-order valence-electron chi connectivity index (χ3n) is 5.79. The predicted molar refractivity (Wildman–Crippen MR) is 90.4 cm³/mol. The molecule has 2 unspecified atom stereocenters. The van der Waals surface area contributed by atoms with Crippen molar-refractivity contribution in [3.05, 3.63) is 12.7 Å². The Balaban J connectivity index is 1.99. The Hall–Kier alpha value is -0.340. The lowest BCUT2D eigenvalue weighted by Gasteiger charge is -2.52. The second kappa shape index (κ2) is 8.33. The molecule has 1 aliphatic carbocycles. The van der Waals surface area contributed by atoms with E-state index in [-0.39, 0.29) is 11.6 Å². The second-order valence-electron chi connectivity index (χ2n) is 7.32. The molecule has 2 N–H and O–H groups in total. The SMILES string of the molecule is C=CCCCC1CCC[C@]2(CCC[C@@H](O)C2CCCC)N1. The summed E-state index contributed by atoms with van der Waals surface area (Å²) >= 11 is 0. The van der Waals surface area contributed by atoms with Crippen LogP contribution in [0.2, 0.25) is 0 Å². The number of aliphatic hydroxyl groups is 1. The highest BCUT2D eigenvalue weighted by atomic mass is 16.3. The first-order valence-electron chi connectivity index (χ1n) is 9.28. The summed E-state index contributed by atoms with van der Waals surface area (Å²) in [6.45, 7) is 6.09. The number of rotatable bonds is 7. The topological polar surface area (TPSA) is 32.3 Å². The summed E-state index contributed by atoms with van der Waals surface area (Å²) < 4.78 is 0. The Morgan fingerprint density at radius 1 is 1.19 bits per heavy atom. The van der Waals surface area contributed by atoms with E-state index in [4.69, 9.17) is 0 Å². The maximum absolute atomic E-state index is 10.6. The lowest BCUT2D eigenvalue weighted by Crippen LogP contribution is -2.62. The van der Waals surface area contributed by atoms with Gasteiger partial charge in [-0.1, -0.05) is 32.3 Å². The molecule has 122 valence electrons. The van der Waals surface area contributed by atoms with E-state index in [1.807, 2.05) is 6.08 Å². The zero-order valence-electron chi connectivity index (χ0n) is 13.9. The van der Waals surface area contributed by atoms with E-state index in [2.05, 4.69) is 18.8 Å². The Bertz CT molecular complexity index is 313. The van der Waals surface area contributed by atoms with Gasteiger partial charge in [0.1, 0.15) is 0 Å². The van der Waals surface area contributed by atoms with Crippen molar-refractivity contribution in [2.24, 2.45) is 5.92 Å². The van der Waals surface area contributed by atoms with Crippen LogP contribution in [0.25, 0.3) is 0 Å². The number of aliphatic hydroxyl groups excluding tert-OH is 1. The highest BCUT2D eigenvalue weighted by Gasteiger charge is 2.46. The van der Waals surface area contributed by atoms with Crippen molar-refractivity contribution >= 4 is 0 Å². The number of nitrogens with one attached hydrogen (secondary N) is 1. The molecule has 1 saturated carbocycles. The van der Waals surface area contributed by atoms with Crippen molar-refractivity contribution in [3.8, 4) is 0 Å². The summed E-state index contributed by atoms with van der Waals surface area (Å²) in [7, 11) is 0. The van der Waals surface area contributed by atoms with Crippen LogP contribution in [0.15, 0.2) is 12.7 Å². The lowest BCUT2D eigenvalue weighted by molar-refractivity contribution is -0.0256. The minimum Gasteiger partial charge on any atom is -0.393 e. The minimum absolute atomic E-state index is 0.0790. The molecule has 0 aromatic rings. The maximum Gasteiger partial charge on any atom is 0.0586 e. The van der Waals surface area contributed by atoms with Gasteiger partial charge in [0.25, 0.3) is 0 Å². The Kier molecular flexibility index (Phi) is 6.75. The smallest absolute Gasteiger partial charge is 0.0586 e. The van der Waals surface area contributed by atoms with Crippen LogP contribution in [0.3, 0.4) is 0 Å². The van der Waals surface area contributed by atoms with Crippen LogP contribution in [0.5, 0.6) is 0 Å². The quantitative estimate of drug-likeness (QED) is 0.532. The van der Waals surface area contributed by atoms with Crippen molar-refractivity contribution in [2.75, 3.05) is 0 Å². The molecule has 1 aliphatic heterocycles. The molecular weight excluding hydrogens is 258 g/mol. The van der Waals surface area contributed by atoms with Gasteiger partial charge in [-0.3, -0.25) is 0 Å². The van der Waals surface area contributed by atoms with Crippen LogP contribution in [-0.2, 0) is 0 Å². The van der Waals surface area contributed by atoms with Crippen molar-refractivity contribution in [3.63, 3.8) is 0 Å². The fraction of sp³-hybridized carbons (Fsp3) is 0.895. The van der Waals surface area contributed by atoms with Gasteiger partial charge in [0.15, 0.2) is 0 Å². The second-order valence-corrected chi connectivity index (χ2v) is 7.32. The van der Waals surface area contributed by atoms with Crippen molar-refractivity contribution in [1.82, 2.24) is 5.32 Å². The summed E-state index contributed by atoms with van der Waals surface area (Å²) in [5.41, 5.74) is 0.240. The molecular formula is C19H35NO. The molecule has 1 spiro atoms. The van der Waals surface area contributed by atoms with Crippen LogP contribution in [0, 0.1) is 5.92 Å². The van der Waals surface area contributed by atoms with E-state index in [0.717, 1.165) is 12.8 Å². The van der Waals surface area contributed by atoms with E-state index in [0.29, 0.717) is 12.0 Å².